The Bertz CT molecular complexity index is 1460. The number of rotatable bonds is 1. The Morgan fingerprint density at radius 2 is 1.32 bits per heavy atom. The van der Waals surface area contributed by atoms with Gasteiger partial charge in [-0.15, -0.1) is 0 Å². The molecule has 1 aliphatic rings. The van der Waals surface area contributed by atoms with Crippen LogP contribution >= 0.6 is 0 Å². The number of nitrogen functional groups attached to an aromatic ring is 1. The summed E-state index contributed by atoms with van der Waals surface area (Å²) in [5.74, 6) is 0. The molecule has 0 aromatic heterocycles. The molecule has 0 saturated carbocycles. The first-order valence-electron chi connectivity index (χ1n) is 11.1. The van der Waals surface area contributed by atoms with Crippen molar-refractivity contribution >= 4 is 27.2 Å². The molecular formula is C30H25N. The predicted molar refractivity (Wildman–Crippen MR) is 134 cm³/mol. The quantitative estimate of drug-likeness (QED) is 0.287. The Kier molecular flexibility index (Phi) is 4.11. The molecule has 0 heterocycles. The van der Waals surface area contributed by atoms with Crippen LogP contribution in [0.2, 0.25) is 0 Å². The van der Waals surface area contributed by atoms with E-state index in [2.05, 4.69) is 91.9 Å². The standard InChI is InChI=1S/C30H25N/c1-19-12-14-20(15-13-19)23-16-17-26-28-18-22(30(31)27-10-3-2-9-24(27)28)8-4-6-21-7-5-11-25(23)29(21)26/h2-3,5,7,9-18H,4,6,8,31H2,1H3. The van der Waals surface area contributed by atoms with E-state index in [1.807, 2.05) is 0 Å². The molecule has 1 aliphatic carbocycles. The zero-order valence-electron chi connectivity index (χ0n) is 17.8. The summed E-state index contributed by atoms with van der Waals surface area (Å²) in [6.07, 6.45) is 3.18. The number of hydrogen-bond donors (Lipinski definition) is 1. The van der Waals surface area contributed by atoms with Gasteiger partial charge in [-0.1, -0.05) is 84.4 Å². The largest absolute Gasteiger partial charge is 0.398 e. The fourth-order valence-electron chi connectivity index (χ4n) is 5.25. The number of anilines is 1. The van der Waals surface area contributed by atoms with Gasteiger partial charge < -0.3 is 5.73 Å². The van der Waals surface area contributed by atoms with Crippen LogP contribution in [0.5, 0.6) is 0 Å². The first-order valence-corrected chi connectivity index (χ1v) is 11.1. The summed E-state index contributed by atoms with van der Waals surface area (Å²) in [7, 11) is 0. The lowest BCUT2D eigenvalue weighted by molar-refractivity contribution is 0.829. The van der Waals surface area contributed by atoms with Gasteiger partial charge >= 0.3 is 0 Å². The van der Waals surface area contributed by atoms with Gasteiger partial charge in [0.05, 0.1) is 0 Å². The first-order chi connectivity index (χ1) is 15.2. The van der Waals surface area contributed by atoms with Gasteiger partial charge in [-0.25, -0.2) is 0 Å². The fourth-order valence-corrected chi connectivity index (χ4v) is 5.25. The summed E-state index contributed by atoms with van der Waals surface area (Å²) < 4.78 is 0. The average Bonchev–Trinajstić information content (AvgIpc) is 2.87. The molecular weight excluding hydrogens is 374 g/mol. The summed E-state index contributed by atoms with van der Waals surface area (Å²) in [6.45, 7) is 2.14. The van der Waals surface area contributed by atoms with Crippen LogP contribution in [0.4, 0.5) is 5.69 Å². The van der Waals surface area contributed by atoms with E-state index < -0.39 is 0 Å². The highest BCUT2D eigenvalue weighted by Gasteiger charge is 2.18. The van der Waals surface area contributed by atoms with E-state index in [1.54, 1.807) is 0 Å². The van der Waals surface area contributed by atoms with Crippen LogP contribution in [0.15, 0.2) is 84.9 Å². The molecule has 150 valence electrons. The fraction of sp³-hybridized carbons (Fsp3) is 0.133. The molecule has 1 nitrogen and oxygen atoms in total. The highest BCUT2D eigenvalue weighted by atomic mass is 14.6. The molecule has 31 heavy (non-hydrogen) atoms. The molecule has 0 unspecified atom stereocenters. The van der Waals surface area contributed by atoms with Crippen LogP contribution in [0.25, 0.3) is 43.8 Å². The minimum absolute atomic E-state index is 0.942. The lowest BCUT2D eigenvalue weighted by atomic mass is 9.87. The van der Waals surface area contributed by atoms with Crippen molar-refractivity contribution in [1.29, 1.82) is 0 Å². The van der Waals surface area contributed by atoms with Crippen molar-refractivity contribution < 1.29 is 0 Å². The molecule has 0 atom stereocenters. The molecule has 0 saturated heterocycles. The van der Waals surface area contributed by atoms with Gasteiger partial charge in [-0.05, 0) is 81.8 Å². The molecule has 0 aliphatic heterocycles. The van der Waals surface area contributed by atoms with Crippen molar-refractivity contribution in [2.75, 3.05) is 5.73 Å². The molecule has 5 aromatic carbocycles. The average molecular weight is 400 g/mol. The molecule has 2 N–H and O–H groups in total. The summed E-state index contributed by atoms with van der Waals surface area (Å²) >= 11 is 0. The minimum Gasteiger partial charge on any atom is -0.398 e. The Hall–Kier alpha value is -3.58. The zero-order chi connectivity index (χ0) is 20.9. The number of aryl methyl sites for hydroxylation is 3. The molecule has 0 amide bonds. The van der Waals surface area contributed by atoms with E-state index in [0.717, 1.165) is 24.9 Å². The van der Waals surface area contributed by atoms with E-state index in [0.29, 0.717) is 0 Å². The molecule has 5 aromatic rings. The van der Waals surface area contributed by atoms with Crippen LogP contribution in [0.3, 0.4) is 0 Å². The van der Waals surface area contributed by atoms with E-state index in [4.69, 9.17) is 5.73 Å². The van der Waals surface area contributed by atoms with Crippen LogP contribution in [-0.2, 0) is 12.8 Å². The molecule has 0 fully saturated rings. The van der Waals surface area contributed by atoms with Crippen molar-refractivity contribution in [3.63, 3.8) is 0 Å². The van der Waals surface area contributed by atoms with Crippen molar-refractivity contribution in [3.8, 4) is 22.3 Å². The lowest BCUT2D eigenvalue weighted by Gasteiger charge is -2.17. The maximum atomic E-state index is 6.62. The van der Waals surface area contributed by atoms with Gasteiger partial charge in [-0.3, -0.25) is 0 Å². The number of fused-ring (bicyclic) bond motifs is 5. The van der Waals surface area contributed by atoms with E-state index in [1.165, 1.54) is 60.5 Å². The predicted octanol–water partition coefficient (Wildman–Crippen LogP) is 7.71. The van der Waals surface area contributed by atoms with Gasteiger partial charge in [0.15, 0.2) is 0 Å². The molecule has 0 spiro atoms. The van der Waals surface area contributed by atoms with Gasteiger partial charge in [0.2, 0.25) is 0 Å². The monoisotopic (exact) mass is 399 g/mol. The maximum absolute atomic E-state index is 6.62. The maximum Gasteiger partial charge on any atom is 0.0426 e. The number of nitrogens with two attached hydrogens (primary N) is 1. The summed E-state index contributed by atoms with van der Waals surface area (Å²) in [5, 5.41) is 5.14. The smallest absolute Gasteiger partial charge is 0.0426 e. The van der Waals surface area contributed by atoms with E-state index in [-0.39, 0.29) is 0 Å². The van der Waals surface area contributed by atoms with E-state index >= 15 is 0 Å². The Balaban J connectivity index is 1.73. The second-order valence-electron chi connectivity index (χ2n) is 8.76. The molecule has 0 radical (unpaired) electrons. The molecule has 6 rings (SSSR count). The second-order valence-corrected chi connectivity index (χ2v) is 8.76. The van der Waals surface area contributed by atoms with Gasteiger partial charge in [0, 0.05) is 11.1 Å². The normalized spacial score (nSPS) is 13.1. The Labute approximate surface area is 183 Å². The van der Waals surface area contributed by atoms with Crippen molar-refractivity contribution in [1.82, 2.24) is 0 Å². The van der Waals surface area contributed by atoms with Crippen LogP contribution < -0.4 is 5.73 Å². The SMILES string of the molecule is Cc1ccc(-c2ccc3c4c(cccc24)CCCc2cc-3c3ccccc3c2N)cc1. The van der Waals surface area contributed by atoms with Crippen molar-refractivity contribution in [2.24, 2.45) is 0 Å². The Morgan fingerprint density at radius 3 is 2.16 bits per heavy atom. The Morgan fingerprint density at radius 1 is 0.613 bits per heavy atom. The van der Waals surface area contributed by atoms with Gasteiger partial charge in [0.25, 0.3) is 0 Å². The summed E-state index contributed by atoms with van der Waals surface area (Å²) in [6, 6.07) is 31.3. The highest BCUT2D eigenvalue weighted by molar-refractivity contribution is 6.13. The number of benzene rings is 5. The van der Waals surface area contributed by atoms with Crippen LogP contribution in [0.1, 0.15) is 23.1 Å². The minimum atomic E-state index is 0.942. The highest BCUT2D eigenvalue weighted by Crippen LogP contribution is 2.43. The van der Waals surface area contributed by atoms with Crippen LogP contribution in [0, 0.1) is 6.92 Å². The number of hydrogen-bond acceptors (Lipinski definition) is 1. The summed E-state index contributed by atoms with van der Waals surface area (Å²) in [4.78, 5) is 0. The van der Waals surface area contributed by atoms with Gasteiger partial charge in [-0.2, -0.15) is 0 Å². The van der Waals surface area contributed by atoms with Crippen molar-refractivity contribution in [2.45, 2.75) is 26.2 Å². The van der Waals surface area contributed by atoms with Crippen LogP contribution in [-0.4, -0.2) is 0 Å². The topological polar surface area (TPSA) is 26.0 Å². The van der Waals surface area contributed by atoms with Crippen molar-refractivity contribution in [3.05, 3.63) is 102 Å². The second kappa shape index (κ2) is 6.99. The van der Waals surface area contributed by atoms with Gasteiger partial charge in [0.1, 0.15) is 0 Å². The first kappa shape index (κ1) is 18.2. The third kappa shape index (κ3) is 2.84. The third-order valence-corrected chi connectivity index (χ3v) is 6.84. The third-order valence-electron chi connectivity index (χ3n) is 6.84. The van der Waals surface area contributed by atoms with E-state index in [9.17, 15) is 0 Å². The summed E-state index contributed by atoms with van der Waals surface area (Å²) in [5.41, 5.74) is 16.8. The molecule has 1 heteroatoms. The zero-order valence-corrected chi connectivity index (χ0v) is 17.8. The lowest BCUT2D eigenvalue weighted by Crippen LogP contribution is -1.97. The molecule has 2 bridgehead atoms.